The molecular weight excluding hydrogens is 1020 g/mol. The van der Waals surface area contributed by atoms with E-state index in [1.165, 1.54) is 270 Å². The van der Waals surface area contributed by atoms with Crippen LogP contribution >= 0.6 is 0 Å². The number of ether oxygens (including phenoxy) is 3. The molecule has 0 heterocycles. The monoisotopic (exact) mass is 1160 g/mol. The molecule has 0 bridgehead atoms. The molecule has 1 atom stereocenters. The fourth-order valence-corrected chi connectivity index (χ4v) is 11.0. The second kappa shape index (κ2) is 71.6. The quantitative estimate of drug-likeness (QED) is 0.0261. The third-order valence-electron chi connectivity index (χ3n) is 16.5. The van der Waals surface area contributed by atoms with Gasteiger partial charge in [-0.3, -0.25) is 14.4 Å². The summed E-state index contributed by atoms with van der Waals surface area (Å²) in [6, 6.07) is 0. The van der Waals surface area contributed by atoms with Crippen molar-refractivity contribution in [3.8, 4) is 0 Å². The van der Waals surface area contributed by atoms with Gasteiger partial charge in [-0.05, 0) is 89.9 Å². The van der Waals surface area contributed by atoms with Crippen LogP contribution in [0, 0.1) is 0 Å². The minimum absolute atomic E-state index is 0.0746. The normalized spacial score (nSPS) is 12.4. The summed E-state index contributed by atoms with van der Waals surface area (Å²) in [5.41, 5.74) is 0. The molecule has 0 saturated carbocycles. The van der Waals surface area contributed by atoms with Crippen LogP contribution in [0.1, 0.15) is 393 Å². The third kappa shape index (κ3) is 69.8. The average Bonchev–Trinajstić information content (AvgIpc) is 3.49. The van der Waals surface area contributed by atoms with Gasteiger partial charge in [-0.2, -0.15) is 0 Å². The molecule has 0 radical (unpaired) electrons. The van der Waals surface area contributed by atoms with E-state index in [-0.39, 0.29) is 31.1 Å². The molecule has 6 heteroatoms. The van der Waals surface area contributed by atoms with Crippen molar-refractivity contribution < 1.29 is 28.6 Å². The van der Waals surface area contributed by atoms with Crippen LogP contribution < -0.4 is 0 Å². The van der Waals surface area contributed by atoms with Gasteiger partial charge in [-0.25, -0.2) is 0 Å². The Hall–Kier alpha value is -2.89. The smallest absolute Gasteiger partial charge is 0.306 e. The van der Waals surface area contributed by atoms with Gasteiger partial charge in [-0.1, -0.05) is 345 Å². The standard InChI is InChI=1S/C77H140O6/c1-4-7-10-13-16-19-22-25-28-30-32-34-35-36-37-38-39-40-41-43-44-46-49-52-55-58-61-64-67-70-76(79)82-73-74(72-81-75(78)69-66-63-60-57-54-51-48-27-24-21-18-15-12-9-6-3)83-77(80)71-68-65-62-59-56-53-50-47-45-42-33-31-29-26-23-20-17-14-11-8-5-2/h22-23,25-26,30-33,45,47,74H,4-21,24,27-29,34-44,46,48-73H2,1-3H3/b25-22-,26-23-,32-30-,33-31-,47-45-. The van der Waals surface area contributed by atoms with Crippen LogP contribution in [-0.4, -0.2) is 37.2 Å². The minimum Gasteiger partial charge on any atom is -0.462 e. The highest BCUT2D eigenvalue weighted by atomic mass is 16.6. The zero-order valence-electron chi connectivity index (χ0n) is 55.7. The fourth-order valence-electron chi connectivity index (χ4n) is 11.0. The van der Waals surface area contributed by atoms with Gasteiger partial charge in [0.2, 0.25) is 0 Å². The molecular formula is C77H140O6. The summed E-state index contributed by atoms with van der Waals surface area (Å²) in [7, 11) is 0. The molecule has 0 aromatic carbocycles. The molecule has 0 amide bonds. The van der Waals surface area contributed by atoms with Gasteiger partial charge < -0.3 is 14.2 Å². The second-order valence-electron chi connectivity index (χ2n) is 24.9. The number of allylic oxidation sites excluding steroid dienone is 10. The van der Waals surface area contributed by atoms with Gasteiger partial charge >= 0.3 is 17.9 Å². The molecule has 484 valence electrons. The molecule has 0 aliphatic rings. The maximum atomic E-state index is 13.0. The van der Waals surface area contributed by atoms with Gasteiger partial charge in [0.25, 0.3) is 0 Å². The Morgan fingerprint density at radius 1 is 0.241 bits per heavy atom. The minimum atomic E-state index is -0.781. The van der Waals surface area contributed by atoms with Gasteiger partial charge in [-0.15, -0.1) is 0 Å². The van der Waals surface area contributed by atoms with Crippen molar-refractivity contribution in [2.75, 3.05) is 13.2 Å². The van der Waals surface area contributed by atoms with Gasteiger partial charge in [0.1, 0.15) is 13.2 Å². The summed E-state index contributed by atoms with van der Waals surface area (Å²) in [5, 5.41) is 0. The van der Waals surface area contributed by atoms with E-state index in [0.29, 0.717) is 19.3 Å². The molecule has 0 aliphatic heterocycles. The first-order valence-corrected chi connectivity index (χ1v) is 36.8. The summed E-state index contributed by atoms with van der Waals surface area (Å²) >= 11 is 0. The molecule has 1 unspecified atom stereocenters. The third-order valence-corrected chi connectivity index (χ3v) is 16.5. The number of carbonyl (C=O) groups excluding carboxylic acids is 3. The van der Waals surface area contributed by atoms with Crippen LogP contribution in [-0.2, 0) is 28.6 Å². The Bertz CT molecular complexity index is 1470. The number of rotatable bonds is 68. The van der Waals surface area contributed by atoms with E-state index in [9.17, 15) is 14.4 Å². The maximum Gasteiger partial charge on any atom is 0.306 e. The van der Waals surface area contributed by atoms with Crippen LogP contribution in [0.25, 0.3) is 0 Å². The molecule has 0 N–H and O–H groups in total. The largest absolute Gasteiger partial charge is 0.462 e. The van der Waals surface area contributed by atoms with Crippen molar-refractivity contribution in [3.63, 3.8) is 0 Å². The highest BCUT2D eigenvalue weighted by Crippen LogP contribution is 2.18. The molecule has 0 fully saturated rings. The zero-order valence-corrected chi connectivity index (χ0v) is 55.7. The van der Waals surface area contributed by atoms with Crippen molar-refractivity contribution in [3.05, 3.63) is 60.8 Å². The van der Waals surface area contributed by atoms with Crippen LogP contribution in [0.4, 0.5) is 0 Å². The van der Waals surface area contributed by atoms with Crippen molar-refractivity contribution in [1.82, 2.24) is 0 Å². The fraction of sp³-hybridized carbons (Fsp3) is 0.831. The highest BCUT2D eigenvalue weighted by molar-refractivity contribution is 5.71. The lowest BCUT2D eigenvalue weighted by Crippen LogP contribution is -2.30. The number of esters is 3. The zero-order chi connectivity index (χ0) is 59.9. The van der Waals surface area contributed by atoms with E-state index >= 15 is 0 Å². The van der Waals surface area contributed by atoms with E-state index in [4.69, 9.17) is 14.2 Å². The van der Waals surface area contributed by atoms with Crippen molar-refractivity contribution in [2.24, 2.45) is 0 Å². The number of hydrogen-bond acceptors (Lipinski definition) is 6. The van der Waals surface area contributed by atoms with Crippen LogP contribution in [0.5, 0.6) is 0 Å². The first-order valence-electron chi connectivity index (χ1n) is 36.8. The lowest BCUT2D eigenvalue weighted by Gasteiger charge is -2.18. The van der Waals surface area contributed by atoms with Crippen molar-refractivity contribution in [1.29, 1.82) is 0 Å². The summed E-state index contributed by atoms with van der Waals surface area (Å²) in [4.78, 5) is 38.5. The first-order chi connectivity index (χ1) is 41.0. The highest BCUT2D eigenvalue weighted by Gasteiger charge is 2.19. The molecule has 0 aromatic rings. The molecule has 0 aromatic heterocycles. The Balaban J connectivity index is 4.26. The SMILES string of the molecule is CCCCCCC/C=C\C/C=C\C/C=C\CCCCCCCCC(=O)OC(COC(=O)CCCCCCCCCCCCCCCCC)COC(=O)CCCCCCCCCCCCCCCCCCC/C=C\C/C=C\CCCCCCC. The van der Waals surface area contributed by atoms with Crippen LogP contribution in [0.15, 0.2) is 60.8 Å². The van der Waals surface area contributed by atoms with E-state index in [2.05, 4.69) is 81.5 Å². The van der Waals surface area contributed by atoms with Gasteiger partial charge in [0.05, 0.1) is 0 Å². The van der Waals surface area contributed by atoms with Crippen LogP contribution in [0.2, 0.25) is 0 Å². The number of unbranched alkanes of at least 4 members (excludes halogenated alkanes) is 47. The summed E-state index contributed by atoms with van der Waals surface area (Å²) in [6.07, 6.45) is 92.5. The van der Waals surface area contributed by atoms with Crippen LogP contribution in [0.3, 0.4) is 0 Å². The van der Waals surface area contributed by atoms with E-state index in [1.807, 2.05) is 0 Å². The lowest BCUT2D eigenvalue weighted by molar-refractivity contribution is -0.167. The summed E-state index contributed by atoms with van der Waals surface area (Å²) < 4.78 is 17.0. The summed E-state index contributed by atoms with van der Waals surface area (Å²) in [6.45, 7) is 6.67. The van der Waals surface area contributed by atoms with E-state index < -0.39 is 6.10 Å². The molecule has 0 saturated heterocycles. The van der Waals surface area contributed by atoms with Gasteiger partial charge in [0, 0.05) is 19.3 Å². The first kappa shape index (κ1) is 80.1. The predicted octanol–water partition coefficient (Wildman–Crippen LogP) is 25.5. The molecule has 83 heavy (non-hydrogen) atoms. The predicted molar refractivity (Wildman–Crippen MR) is 362 cm³/mol. The van der Waals surface area contributed by atoms with Gasteiger partial charge in [0.15, 0.2) is 6.10 Å². The number of hydrogen-bond donors (Lipinski definition) is 0. The second-order valence-corrected chi connectivity index (χ2v) is 24.9. The average molecular weight is 1160 g/mol. The molecule has 0 spiro atoms. The lowest BCUT2D eigenvalue weighted by atomic mass is 10.0. The van der Waals surface area contributed by atoms with E-state index in [1.54, 1.807) is 0 Å². The van der Waals surface area contributed by atoms with Crippen molar-refractivity contribution in [2.45, 2.75) is 399 Å². The van der Waals surface area contributed by atoms with E-state index in [0.717, 1.165) is 83.5 Å². The van der Waals surface area contributed by atoms with Crippen molar-refractivity contribution >= 4 is 17.9 Å². The maximum absolute atomic E-state index is 13.0. The molecule has 0 aliphatic carbocycles. The Labute approximate surface area is 517 Å². The topological polar surface area (TPSA) is 78.9 Å². The molecule has 0 rings (SSSR count). The Morgan fingerprint density at radius 2 is 0.434 bits per heavy atom. The summed E-state index contributed by atoms with van der Waals surface area (Å²) in [5.74, 6) is -0.860. The number of carbonyl (C=O) groups is 3. The molecule has 6 nitrogen and oxygen atoms in total. The Morgan fingerprint density at radius 3 is 0.675 bits per heavy atom. The Kier molecular flexibility index (Phi) is 69.1.